The molecule has 1 aliphatic rings. The molecular weight excluding hydrogens is 418 g/mol. The molecule has 2 N–H and O–H groups in total. The molecular formula is C25H32N5OS+. The smallest absolute Gasteiger partial charge is 0.189 e. The second-order valence-corrected chi connectivity index (χ2v) is 11.6. The number of fused-ring (bicyclic) bond motifs is 5. The molecule has 1 aliphatic heterocycles. The number of nitrogens with two attached hydrogens (primary N) is 1. The van der Waals surface area contributed by atoms with E-state index in [0.29, 0.717) is 18.3 Å². The Hall–Kier alpha value is -2.51. The van der Waals surface area contributed by atoms with Gasteiger partial charge in [0.15, 0.2) is 11.5 Å². The molecule has 0 bridgehead atoms. The number of quaternary nitrogens is 1. The molecule has 6 nitrogen and oxygen atoms in total. The first-order chi connectivity index (χ1) is 15.0. The molecule has 5 rings (SSSR count). The number of nitrogens with zero attached hydrogens (tertiary/aromatic N) is 4. The summed E-state index contributed by atoms with van der Waals surface area (Å²) < 4.78 is 8.02. The molecule has 3 aromatic heterocycles. The lowest BCUT2D eigenvalue weighted by molar-refractivity contribution is -0.789. The Bertz CT molecular complexity index is 1330. The lowest BCUT2D eigenvalue weighted by atomic mass is 9.82. The third-order valence-electron chi connectivity index (χ3n) is 6.29. The number of rotatable bonds is 4. The van der Waals surface area contributed by atoms with Crippen LogP contribution in [0.4, 0.5) is 0 Å². The molecule has 4 aromatic rings. The molecule has 0 radical (unpaired) electrons. The molecule has 0 atom stereocenters. The predicted octanol–water partition coefficient (Wildman–Crippen LogP) is 4.48. The summed E-state index contributed by atoms with van der Waals surface area (Å²) in [6.07, 6.45) is 2.77. The van der Waals surface area contributed by atoms with Gasteiger partial charge in [0.25, 0.3) is 0 Å². The van der Waals surface area contributed by atoms with Crippen molar-refractivity contribution in [2.45, 2.75) is 78.5 Å². The van der Waals surface area contributed by atoms with Crippen LogP contribution < -0.4 is 10.1 Å². The van der Waals surface area contributed by atoms with E-state index in [0.717, 1.165) is 28.0 Å². The molecule has 0 saturated heterocycles. The second kappa shape index (κ2) is 7.25. The van der Waals surface area contributed by atoms with Gasteiger partial charge in [-0.25, -0.2) is 14.5 Å². The van der Waals surface area contributed by atoms with Crippen LogP contribution in [-0.2, 0) is 18.6 Å². The lowest BCUT2D eigenvalue weighted by Gasteiger charge is -2.38. The molecule has 1 aromatic carbocycles. The minimum Gasteiger partial charge on any atom is -0.485 e. The van der Waals surface area contributed by atoms with Crippen LogP contribution in [0.25, 0.3) is 15.9 Å². The van der Waals surface area contributed by atoms with Crippen molar-refractivity contribution in [3.63, 3.8) is 0 Å². The summed E-state index contributed by atoms with van der Waals surface area (Å²) in [7, 11) is 0. The van der Waals surface area contributed by atoms with Crippen molar-refractivity contribution < 1.29 is 10.1 Å². The first kappa shape index (κ1) is 21.3. The van der Waals surface area contributed by atoms with Gasteiger partial charge in [-0.2, -0.15) is 0 Å². The first-order valence-electron chi connectivity index (χ1n) is 11.3. The highest BCUT2D eigenvalue weighted by molar-refractivity contribution is 7.19. The summed E-state index contributed by atoms with van der Waals surface area (Å²) in [4.78, 5) is 12.1. The van der Waals surface area contributed by atoms with Crippen LogP contribution in [0.1, 0.15) is 74.9 Å². The Labute approximate surface area is 193 Å². The Kier molecular flexibility index (Phi) is 4.84. The van der Waals surface area contributed by atoms with E-state index < -0.39 is 0 Å². The quantitative estimate of drug-likeness (QED) is 0.498. The maximum Gasteiger partial charge on any atom is 0.189 e. The number of aromatic nitrogens is 4. The summed E-state index contributed by atoms with van der Waals surface area (Å²) in [6.45, 7) is 16.0. The highest BCUT2D eigenvalue weighted by atomic mass is 32.1. The van der Waals surface area contributed by atoms with Crippen molar-refractivity contribution in [2.75, 3.05) is 0 Å². The van der Waals surface area contributed by atoms with Gasteiger partial charge in [0, 0.05) is 6.42 Å². The van der Waals surface area contributed by atoms with E-state index in [-0.39, 0.29) is 11.1 Å². The van der Waals surface area contributed by atoms with Crippen LogP contribution in [-0.4, -0.2) is 25.1 Å². The second-order valence-electron chi connectivity index (χ2n) is 10.6. The van der Waals surface area contributed by atoms with Crippen molar-refractivity contribution in [3.8, 4) is 5.75 Å². The molecule has 0 unspecified atom stereocenters. The fourth-order valence-electron chi connectivity index (χ4n) is 5.18. The van der Waals surface area contributed by atoms with Crippen molar-refractivity contribution in [3.05, 3.63) is 51.9 Å². The lowest BCUT2D eigenvalue weighted by Crippen LogP contribution is -3.03. The van der Waals surface area contributed by atoms with Crippen LogP contribution in [0.15, 0.2) is 24.5 Å². The summed E-state index contributed by atoms with van der Waals surface area (Å²) in [5, 5.41) is 8.32. The monoisotopic (exact) mass is 450 g/mol. The van der Waals surface area contributed by atoms with Gasteiger partial charge in [-0.3, -0.25) is 0 Å². The van der Waals surface area contributed by atoms with E-state index >= 15 is 0 Å². The third-order valence-corrected chi connectivity index (χ3v) is 7.77. The topological polar surface area (TPSA) is 68.9 Å². The molecule has 0 amide bonds. The zero-order valence-corrected chi connectivity index (χ0v) is 20.8. The SMILES string of the molecule is Cc1ccc(C(C)C)c(OCc2nc3c4c5c(sc4ncn3n2)C(C)(C)[NH2+]C(C)(C)C5)c1. The van der Waals surface area contributed by atoms with Crippen LogP contribution in [0.3, 0.4) is 0 Å². The van der Waals surface area contributed by atoms with Crippen LogP contribution >= 0.6 is 11.3 Å². The molecule has 0 spiro atoms. The highest BCUT2D eigenvalue weighted by Gasteiger charge is 2.43. The predicted molar refractivity (Wildman–Crippen MR) is 128 cm³/mol. The van der Waals surface area contributed by atoms with E-state index in [1.165, 1.54) is 21.6 Å². The average molecular weight is 451 g/mol. The van der Waals surface area contributed by atoms with Crippen molar-refractivity contribution in [1.82, 2.24) is 19.6 Å². The molecule has 7 heteroatoms. The molecule has 168 valence electrons. The molecule has 0 saturated carbocycles. The molecule has 0 fully saturated rings. The summed E-state index contributed by atoms with van der Waals surface area (Å²) in [5.41, 5.74) is 4.79. The number of thiophene rings is 1. The van der Waals surface area contributed by atoms with Gasteiger partial charge >= 0.3 is 0 Å². The summed E-state index contributed by atoms with van der Waals surface area (Å²) >= 11 is 1.79. The number of ether oxygens (including phenoxy) is 1. The highest BCUT2D eigenvalue weighted by Crippen LogP contribution is 2.41. The standard InChI is InChI=1S/C25H31N5OS/c1-14(2)16-9-8-15(3)10-18(16)31-12-19-27-22-20-17-11-24(4,5)29-25(6,7)21(17)32-23(20)26-13-30(22)28-19/h8-10,13-14,29H,11-12H2,1-7H3/p+1. The Morgan fingerprint density at radius 1 is 1.22 bits per heavy atom. The minimum atomic E-state index is 0.0177. The van der Waals surface area contributed by atoms with Crippen molar-refractivity contribution in [1.29, 1.82) is 0 Å². The Balaban J connectivity index is 1.55. The normalized spacial score (nSPS) is 17.2. The van der Waals surface area contributed by atoms with Gasteiger partial charge in [-0.15, -0.1) is 16.4 Å². The minimum absolute atomic E-state index is 0.0177. The molecule has 32 heavy (non-hydrogen) atoms. The van der Waals surface area contributed by atoms with Crippen LogP contribution in [0.5, 0.6) is 5.75 Å². The zero-order chi connectivity index (χ0) is 22.8. The number of benzene rings is 1. The first-order valence-corrected chi connectivity index (χ1v) is 12.1. The summed E-state index contributed by atoms with van der Waals surface area (Å²) in [5.74, 6) is 1.98. The van der Waals surface area contributed by atoms with E-state index in [1.807, 2.05) is 4.52 Å². The average Bonchev–Trinajstić information content (AvgIpc) is 3.26. The molecule has 4 heterocycles. The van der Waals surface area contributed by atoms with Gasteiger partial charge in [0.05, 0.1) is 15.8 Å². The number of hydrogen-bond donors (Lipinski definition) is 1. The zero-order valence-electron chi connectivity index (χ0n) is 20.0. The maximum absolute atomic E-state index is 6.21. The number of hydrogen-bond acceptors (Lipinski definition) is 5. The van der Waals surface area contributed by atoms with Crippen molar-refractivity contribution >= 4 is 27.2 Å². The fraction of sp³-hybridized carbons (Fsp3) is 0.480. The number of aryl methyl sites for hydroxylation is 1. The van der Waals surface area contributed by atoms with E-state index in [4.69, 9.17) is 19.8 Å². The van der Waals surface area contributed by atoms with Gasteiger partial charge in [0.1, 0.15) is 29.1 Å². The van der Waals surface area contributed by atoms with Gasteiger partial charge in [-0.05, 0) is 63.3 Å². The van der Waals surface area contributed by atoms with E-state index in [1.54, 1.807) is 17.7 Å². The van der Waals surface area contributed by atoms with Crippen LogP contribution in [0, 0.1) is 6.92 Å². The maximum atomic E-state index is 6.21. The Morgan fingerprint density at radius 3 is 2.75 bits per heavy atom. The largest absolute Gasteiger partial charge is 0.485 e. The fourth-order valence-corrected chi connectivity index (χ4v) is 6.41. The van der Waals surface area contributed by atoms with Gasteiger partial charge < -0.3 is 10.1 Å². The summed E-state index contributed by atoms with van der Waals surface area (Å²) in [6, 6.07) is 6.38. The van der Waals surface area contributed by atoms with Crippen LogP contribution in [0.2, 0.25) is 0 Å². The van der Waals surface area contributed by atoms with Gasteiger partial charge in [0.2, 0.25) is 0 Å². The molecule has 0 aliphatic carbocycles. The third kappa shape index (κ3) is 3.57. The van der Waals surface area contributed by atoms with Gasteiger partial charge in [-0.1, -0.05) is 26.0 Å². The van der Waals surface area contributed by atoms with E-state index in [2.05, 4.69) is 72.0 Å². The Morgan fingerprint density at radius 2 is 2.00 bits per heavy atom. The van der Waals surface area contributed by atoms with E-state index in [9.17, 15) is 0 Å². The van der Waals surface area contributed by atoms with Crippen molar-refractivity contribution in [2.24, 2.45) is 0 Å².